The zero-order valence-corrected chi connectivity index (χ0v) is 11.2. The average Bonchev–Trinajstić information content (AvgIpc) is 2.77. The molecule has 2 heterocycles. The van der Waals surface area contributed by atoms with E-state index in [0.29, 0.717) is 12.4 Å². The van der Waals surface area contributed by atoms with Gasteiger partial charge < -0.3 is 16.2 Å². The topological polar surface area (TPSA) is 101 Å². The number of nitrogens with zero attached hydrogens (tertiary/aromatic N) is 2. The van der Waals surface area contributed by atoms with Crippen LogP contribution in [0, 0.1) is 6.92 Å². The summed E-state index contributed by atoms with van der Waals surface area (Å²) in [5.41, 5.74) is 6.97. The number of nitrogens with one attached hydrogen (secondary N) is 1. The molecule has 0 saturated heterocycles. The van der Waals surface area contributed by atoms with Crippen LogP contribution in [0.25, 0.3) is 0 Å². The predicted octanol–water partition coefficient (Wildman–Crippen LogP) is 1.78. The number of hydrogen-bond acceptors (Lipinski definition) is 6. The first-order valence-electron chi connectivity index (χ1n) is 5.70. The molecule has 2 aromatic rings. The number of anilines is 2. The fourth-order valence-corrected chi connectivity index (χ4v) is 2.28. The first-order valence-corrected chi connectivity index (χ1v) is 6.58. The maximum absolute atomic E-state index is 10.9. The molecule has 0 aromatic carbocycles. The Kier molecular flexibility index (Phi) is 3.96. The number of hydrogen-bond donors (Lipinski definition) is 3. The van der Waals surface area contributed by atoms with Crippen molar-refractivity contribution in [1.82, 2.24) is 9.97 Å². The Morgan fingerprint density at radius 3 is 3.00 bits per heavy atom. The molecule has 0 unspecified atom stereocenters. The van der Waals surface area contributed by atoms with Crippen molar-refractivity contribution in [2.24, 2.45) is 0 Å². The van der Waals surface area contributed by atoms with E-state index in [-0.39, 0.29) is 11.3 Å². The zero-order chi connectivity index (χ0) is 13.8. The second-order valence-electron chi connectivity index (χ2n) is 3.96. The van der Waals surface area contributed by atoms with Gasteiger partial charge in [0, 0.05) is 24.5 Å². The van der Waals surface area contributed by atoms with Crippen LogP contribution in [0.1, 0.15) is 21.1 Å². The fourth-order valence-electron chi connectivity index (χ4n) is 1.63. The molecule has 19 heavy (non-hydrogen) atoms. The molecule has 0 bridgehead atoms. The largest absolute Gasteiger partial charge is 0.478 e. The summed E-state index contributed by atoms with van der Waals surface area (Å²) in [5.74, 6) is -0.662. The van der Waals surface area contributed by atoms with Crippen LogP contribution in [0.3, 0.4) is 0 Å². The number of aromatic nitrogens is 2. The van der Waals surface area contributed by atoms with Crippen LogP contribution in [0.5, 0.6) is 0 Å². The van der Waals surface area contributed by atoms with Gasteiger partial charge in [0.05, 0.1) is 22.0 Å². The summed E-state index contributed by atoms with van der Waals surface area (Å²) in [6.07, 6.45) is 2.16. The SMILES string of the molecule is Cc1nc(CCNc2nccc(C(=O)O)c2N)cs1. The van der Waals surface area contributed by atoms with E-state index in [1.807, 2.05) is 12.3 Å². The number of aromatic carboxylic acids is 1. The second-order valence-corrected chi connectivity index (χ2v) is 5.02. The molecule has 0 atom stereocenters. The molecule has 0 amide bonds. The van der Waals surface area contributed by atoms with Gasteiger partial charge in [0.2, 0.25) is 0 Å². The van der Waals surface area contributed by atoms with Crippen LogP contribution >= 0.6 is 11.3 Å². The highest BCUT2D eigenvalue weighted by Crippen LogP contribution is 2.19. The Balaban J connectivity index is 2.00. The summed E-state index contributed by atoms with van der Waals surface area (Å²) in [7, 11) is 0. The summed E-state index contributed by atoms with van der Waals surface area (Å²) in [6, 6.07) is 1.38. The van der Waals surface area contributed by atoms with Gasteiger partial charge in [-0.05, 0) is 13.0 Å². The van der Waals surface area contributed by atoms with E-state index in [2.05, 4.69) is 15.3 Å². The summed E-state index contributed by atoms with van der Waals surface area (Å²) in [5, 5.41) is 15.0. The molecule has 0 fully saturated rings. The molecular weight excluding hydrogens is 264 g/mol. The Hall–Kier alpha value is -2.15. The molecule has 0 aliphatic rings. The van der Waals surface area contributed by atoms with Crippen molar-refractivity contribution < 1.29 is 9.90 Å². The summed E-state index contributed by atoms with van der Waals surface area (Å²) in [6.45, 7) is 2.56. The molecule has 7 heteroatoms. The quantitative estimate of drug-likeness (QED) is 0.770. The lowest BCUT2D eigenvalue weighted by Gasteiger charge is -2.09. The Bertz CT molecular complexity index is 597. The number of nitrogen functional groups attached to an aromatic ring is 1. The van der Waals surface area contributed by atoms with Gasteiger partial charge in [0.1, 0.15) is 5.82 Å². The van der Waals surface area contributed by atoms with Crippen LogP contribution in [0.2, 0.25) is 0 Å². The lowest BCUT2D eigenvalue weighted by molar-refractivity contribution is 0.0698. The number of carboxylic acid groups (broad SMARTS) is 1. The molecule has 4 N–H and O–H groups in total. The lowest BCUT2D eigenvalue weighted by atomic mass is 10.2. The van der Waals surface area contributed by atoms with Gasteiger partial charge >= 0.3 is 5.97 Å². The number of rotatable bonds is 5. The Morgan fingerprint density at radius 2 is 2.37 bits per heavy atom. The van der Waals surface area contributed by atoms with Gasteiger partial charge in [-0.25, -0.2) is 14.8 Å². The number of aryl methyl sites for hydroxylation is 1. The standard InChI is InChI=1S/C12H14N4O2S/c1-7-16-8(6-19-7)2-4-14-11-10(13)9(12(17)18)3-5-15-11/h3,5-6H,2,4,13H2,1H3,(H,14,15)(H,17,18). The van der Waals surface area contributed by atoms with Crippen LogP contribution in [0.4, 0.5) is 11.5 Å². The van der Waals surface area contributed by atoms with Crippen LogP contribution in [-0.2, 0) is 6.42 Å². The molecule has 6 nitrogen and oxygen atoms in total. The average molecular weight is 278 g/mol. The summed E-state index contributed by atoms with van der Waals surface area (Å²) in [4.78, 5) is 19.3. The minimum atomic E-state index is -1.06. The highest BCUT2D eigenvalue weighted by atomic mass is 32.1. The van der Waals surface area contributed by atoms with E-state index in [9.17, 15) is 4.79 Å². The van der Waals surface area contributed by atoms with Gasteiger partial charge in [0.15, 0.2) is 0 Å². The van der Waals surface area contributed by atoms with Crippen LogP contribution in [-0.4, -0.2) is 27.6 Å². The minimum absolute atomic E-state index is 0.0574. The third-order valence-electron chi connectivity index (χ3n) is 2.56. The van der Waals surface area contributed by atoms with Crippen LogP contribution in [0.15, 0.2) is 17.6 Å². The van der Waals surface area contributed by atoms with Crippen molar-refractivity contribution >= 4 is 28.8 Å². The zero-order valence-electron chi connectivity index (χ0n) is 10.4. The fraction of sp³-hybridized carbons (Fsp3) is 0.250. The summed E-state index contributed by atoms with van der Waals surface area (Å²) < 4.78 is 0. The smallest absolute Gasteiger partial charge is 0.337 e. The van der Waals surface area contributed by atoms with E-state index in [0.717, 1.165) is 17.1 Å². The number of thiazole rings is 1. The van der Waals surface area contributed by atoms with E-state index < -0.39 is 5.97 Å². The predicted molar refractivity (Wildman–Crippen MR) is 74.7 cm³/mol. The Morgan fingerprint density at radius 1 is 1.58 bits per heavy atom. The third-order valence-corrected chi connectivity index (χ3v) is 3.38. The van der Waals surface area contributed by atoms with Crippen molar-refractivity contribution in [2.45, 2.75) is 13.3 Å². The maximum atomic E-state index is 10.9. The number of carboxylic acids is 1. The van der Waals surface area contributed by atoms with Crippen molar-refractivity contribution in [3.63, 3.8) is 0 Å². The molecule has 2 rings (SSSR count). The first kappa shape index (κ1) is 13.3. The van der Waals surface area contributed by atoms with Crippen molar-refractivity contribution in [1.29, 1.82) is 0 Å². The summed E-state index contributed by atoms with van der Waals surface area (Å²) >= 11 is 1.60. The van der Waals surface area contributed by atoms with Gasteiger partial charge in [0.25, 0.3) is 0 Å². The molecule has 0 spiro atoms. The monoisotopic (exact) mass is 278 g/mol. The van der Waals surface area contributed by atoms with Crippen molar-refractivity contribution in [3.8, 4) is 0 Å². The third kappa shape index (κ3) is 3.19. The van der Waals surface area contributed by atoms with E-state index in [4.69, 9.17) is 10.8 Å². The molecule has 100 valence electrons. The normalized spacial score (nSPS) is 10.4. The molecule has 0 saturated carbocycles. The Labute approximate surface area is 114 Å². The van der Waals surface area contributed by atoms with Gasteiger partial charge in [-0.15, -0.1) is 11.3 Å². The molecule has 2 aromatic heterocycles. The van der Waals surface area contributed by atoms with Crippen molar-refractivity contribution in [2.75, 3.05) is 17.6 Å². The van der Waals surface area contributed by atoms with Gasteiger partial charge in [-0.3, -0.25) is 0 Å². The number of carbonyl (C=O) groups is 1. The molecule has 0 radical (unpaired) electrons. The minimum Gasteiger partial charge on any atom is -0.478 e. The number of nitrogens with two attached hydrogens (primary N) is 1. The highest BCUT2D eigenvalue weighted by Gasteiger charge is 2.11. The van der Waals surface area contributed by atoms with Gasteiger partial charge in [-0.1, -0.05) is 0 Å². The number of pyridine rings is 1. The molecule has 0 aliphatic carbocycles. The van der Waals surface area contributed by atoms with E-state index in [1.54, 1.807) is 11.3 Å². The van der Waals surface area contributed by atoms with E-state index in [1.165, 1.54) is 12.3 Å². The molecule has 0 aliphatic heterocycles. The van der Waals surface area contributed by atoms with E-state index >= 15 is 0 Å². The lowest BCUT2D eigenvalue weighted by Crippen LogP contribution is -2.11. The first-order chi connectivity index (χ1) is 9.08. The second kappa shape index (κ2) is 5.66. The van der Waals surface area contributed by atoms with Gasteiger partial charge in [-0.2, -0.15) is 0 Å². The van der Waals surface area contributed by atoms with Crippen LogP contribution < -0.4 is 11.1 Å². The maximum Gasteiger partial charge on any atom is 0.337 e. The van der Waals surface area contributed by atoms with Crippen molar-refractivity contribution in [3.05, 3.63) is 33.9 Å². The molecular formula is C12H14N4O2S. The highest BCUT2D eigenvalue weighted by molar-refractivity contribution is 7.09.